The van der Waals surface area contributed by atoms with Gasteiger partial charge in [0, 0.05) is 13.2 Å². The number of benzene rings is 2. The number of pyridine rings is 1. The van der Waals surface area contributed by atoms with E-state index in [0.717, 1.165) is 44.1 Å². The molecule has 0 amide bonds. The number of hydrogen-bond acceptors (Lipinski definition) is 2. The van der Waals surface area contributed by atoms with Crippen molar-refractivity contribution in [3.05, 3.63) is 80.6 Å². The summed E-state index contributed by atoms with van der Waals surface area (Å²) in [7, 11) is 1.72. The first-order chi connectivity index (χ1) is 13.5. The first kappa shape index (κ1) is 20.2. The van der Waals surface area contributed by atoms with Crippen molar-refractivity contribution in [1.82, 2.24) is 4.57 Å². The van der Waals surface area contributed by atoms with Gasteiger partial charge in [0.25, 0.3) is 0 Å². The maximum atomic E-state index is 12.7. The second-order valence-electron chi connectivity index (χ2n) is 7.12. The van der Waals surface area contributed by atoms with Crippen molar-refractivity contribution in [3.8, 4) is 0 Å². The van der Waals surface area contributed by atoms with Gasteiger partial charge in [0.2, 0.25) is 5.43 Å². The molecule has 0 aliphatic rings. The molecule has 4 nitrogen and oxygen atoms in total. The molecule has 0 aliphatic heterocycles. The number of rotatable bonds is 8. The number of fused-ring (bicyclic) bond motifs is 1. The van der Waals surface area contributed by atoms with Crippen LogP contribution in [0.25, 0.3) is 10.9 Å². The lowest BCUT2D eigenvalue weighted by atomic mass is 9.99. The van der Waals surface area contributed by atoms with E-state index in [1.807, 2.05) is 12.1 Å². The van der Waals surface area contributed by atoms with E-state index in [1.54, 1.807) is 17.7 Å². The molecule has 0 unspecified atom stereocenters. The van der Waals surface area contributed by atoms with Crippen LogP contribution in [0.2, 0.25) is 5.02 Å². The number of carbonyl (C=O) groups is 1. The molecule has 0 bridgehead atoms. The van der Waals surface area contributed by atoms with Gasteiger partial charge in [-0.3, -0.25) is 4.79 Å². The van der Waals surface area contributed by atoms with Crippen molar-refractivity contribution in [2.75, 3.05) is 0 Å². The maximum Gasteiger partial charge on any atom is 0.341 e. The lowest BCUT2D eigenvalue weighted by Crippen LogP contribution is -2.19. The van der Waals surface area contributed by atoms with E-state index in [0.29, 0.717) is 15.9 Å². The van der Waals surface area contributed by atoms with E-state index in [4.69, 9.17) is 11.6 Å². The molecule has 1 aromatic heterocycles. The number of aromatic nitrogens is 1. The van der Waals surface area contributed by atoms with Crippen molar-refractivity contribution < 1.29 is 9.90 Å². The van der Waals surface area contributed by atoms with Gasteiger partial charge in [0.05, 0.1) is 15.9 Å². The third-order valence-corrected chi connectivity index (χ3v) is 5.40. The molecule has 0 atom stereocenters. The summed E-state index contributed by atoms with van der Waals surface area (Å²) in [5.41, 5.74) is 2.14. The fourth-order valence-electron chi connectivity index (χ4n) is 3.66. The standard InChI is InChI=1S/C23H24ClNO3/c1-25-15-18(23(27)28)22(26)20-17(13-14-19(24)21(20)25)12-8-3-2-5-9-16-10-6-4-7-11-16/h4,6-7,10-11,13-15H,2-3,5,8-9,12H2,1H3,(H,27,28). The second-order valence-corrected chi connectivity index (χ2v) is 7.53. The van der Waals surface area contributed by atoms with Crippen molar-refractivity contribution >= 4 is 28.5 Å². The second kappa shape index (κ2) is 9.07. The Morgan fingerprint density at radius 1 is 1.00 bits per heavy atom. The van der Waals surface area contributed by atoms with Gasteiger partial charge >= 0.3 is 5.97 Å². The summed E-state index contributed by atoms with van der Waals surface area (Å²) in [6.45, 7) is 0. The Balaban J connectivity index is 1.70. The third kappa shape index (κ3) is 4.45. The summed E-state index contributed by atoms with van der Waals surface area (Å²) < 4.78 is 1.63. The molecule has 3 aromatic rings. The van der Waals surface area contributed by atoms with Gasteiger partial charge in [-0.05, 0) is 42.9 Å². The van der Waals surface area contributed by atoms with Crippen LogP contribution in [0.4, 0.5) is 0 Å². The summed E-state index contributed by atoms with van der Waals surface area (Å²) in [6, 6.07) is 14.1. The number of carboxylic acids is 1. The van der Waals surface area contributed by atoms with Gasteiger partial charge in [0.15, 0.2) is 0 Å². The van der Waals surface area contributed by atoms with Crippen molar-refractivity contribution in [1.29, 1.82) is 0 Å². The smallest absolute Gasteiger partial charge is 0.341 e. The topological polar surface area (TPSA) is 59.3 Å². The summed E-state index contributed by atoms with van der Waals surface area (Å²) in [6.07, 6.45) is 7.42. The Bertz CT molecular complexity index is 1040. The number of aryl methyl sites for hydroxylation is 3. The number of aromatic carboxylic acids is 1. The van der Waals surface area contributed by atoms with Crippen LogP contribution >= 0.6 is 11.6 Å². The zero-order valence-corrected chi connectivity index (χ0v) is 16.7. The first-order valence-electron chi connectivity index (χ1n) is 9.57. The van der Waals surface area contributed by atoms with Gasteiger partial charge in [-0.25, -0.2) is 4.79 Å². The Labute approximate surface area is 169 Å². The highest BCUT2D eigenvalue weighted by Crippen LogP contribution is 2.26. The normalized spacial score (nSPS) is 11.1. The lowest BCUT2D eigenvalue weighted by molar-refractivity contribution is 0.0695. The van der Waals surface area contributed by atoms with Crippen LogP contribution in [-0.4, -0.2) is 15.6 Å². The average molecular weight is 398 g/mol. The fourth-order valence-corrected chi connectivity index (χ4v) is 3.95. The highest BCUT2D eigenvalue weighted by atomic mass is 35.5. The van der Waals surface area contributed by atoms with Crippen LogP contribution in [-0.2, 0) is 19.9 Å². The number of carboxylic acid groups (broad SMARTS) is 1. The summed E-state index contributed by atoms with van der Waals surface area (Å²) >= 11 is 6.29. The van der Waals surface area contributed by atoms with E-state index in [1.165, 1.54) is 11.8 Å². The predicted molar refractivity (Wildman–Crippen MR) is 113 cm³/mol. The molecule has 3 rings (SSSR count). The molecule has 0 spiro atoms. The van der Waals surface area contributed by atoms with E-state index in [9.17, 15) is 14.7 Å². The zero-order chi connectivity index (χ0) is 20.1. The van der Waals surface area contributed by atoms with Crippen molar-refractivity contribution in [2.45, 2.75) is 38.5 Å². The molecule has 0 radical (unpaired) electrons. The molecule has 1 N–H and O–H groups in total. The van der Waals surface area contributed by atoms with Gasteiger partial charge in [-0.1, -0.05) is 60.8 Å². The van der Waals surface area contributed by atoms with Gasteiger partial charge < -0.3 is 9.67 Å². The van der Waals surface area contributed by atoms with E-state index < -0.39 is 11.4 Å². The number of unbranched alkanes of at least 4 members (excludes halogenated alkanes) is 3. The van der Waals surface area contributed by atoms with Crippen LogP contribution < -0.4 is 5.43 Å². The van der Waals surface area contributed by atoms with E-state index in [2.05, 4.69) is 24.3 Å². The van der Waals surface area contributed by atoms with E-state index >= 15 is 0 Å². The Morgan fingerprint density at radius 3 is 2.36 bits per heavy atom. The van der Waals surface area contributed by atoms with Crippen LogP contribution in [0.1, 0.15) is 47.2 Å². The summed E-state index contributed by atoms with van der Waals surface area (Å²) in [5.74, 6) is -1.21. The molecule has 146 valence electrons. The third-order valence-electron chi connectivity index (χ3n) is 5.10. The zero-order valence-electron chi connectivity index (χ0n) is 16.0. The fraction of sp³-hybridized carbons (Fsp3) is 0.304. The average Bonchev–Trinajstić information content (AvgIpc) is 2.68. The molecule has 0 aliphatic carbocycles. The molecule has 0 saturated heterocycles. The molecule has 28 heavy (non-hydrogen) atoms. The minimum absolute atomic E-state index is 0.221. The number of halogens is 1. The Kier molecular flexibility index (Phi) is 6.53. The van der Waals surface area contributed by atoms with Gasteiger partial charge in [-0.2, -0.15) is 0 Å². The summed E-state index contributed by atoms with van der Waals surface area (Å²) in [4.78, 5) is 24.2. The Hall–Kier alpha value is -2.59. The predicted octanol–water partition coefficient (Wildman–Crippen LogP) is 5.24. The molecular weight excluding hydrogens is 374 g/mol. The Morgan fingerprint density at radius 2 is 1.68 bits per heavy atom. The quantitative estimate of drug-likeness (QED) is 0.529. The molecule has 0 saturated carbocycles. The van der Waals surface area contributed by atoms with Crippen molar-refractivity contribution in [2.24, 2.45) is 7.05 Å². The molecule has 0 fully saturated rings. The SMILES string of the molecule is Cn1cc(C(=O)O)c(=O)c2c(CCCCCCc3ccccc3)ccc(Cl)c21. The minimum atomic E-state index is -1.21. The van der Waals surface area contributed by atoms with Crippen LogP contribution in [0.5, 0.6) is 0 Å². The molecular formula is C23H24ClNO3. The van der Waals surface area contributed by atoms with Crippen LogP contribution in [0.15, 0.2) is 53.5 Å². The molecule has 2 aromatic carbocycles. The minimum Gasteiger partial charge on any atom is -0.477 e. The van der Waals surface area contributed by atoms with Crippen molar-refractivity contribution in [3.63, 3.8) is 0 Å². The van der Waals surface area contributed by atoms with E-state index in [-0.39, 0.29) is 5.56 Å². The van der Waals surface area contributed by atoms with Crippen LogP contribution in [0, 0.1) is 0 Å². The number of nitrogens with zero attached hydrogens (tertiary/aromatic N) is 1. The molecule has 5 heteroatoms. The molecule has 1 heterocycles. The summed E-state index contributed by atoms with van der Waals surface area (Å²) in [5, 5.41) is 10.2. The largest absolute Gasteiger partial charge is 0.477 e. The monoisotopic (exact) mass is 397 g/mol. The highest BCUT2D eigenvalue weighted by molar-refractivity contribution is 6.35. The van der Waals surface area contributed by atoms with Crippen LogP contribution in [0.3, 0.4) is 0 Å². The van der Waals surface area contributed by atoms with Gasteiger partial charge in [-0.15, -0.1) is 0 Å². The number of hydrogen-bond donors (Lipinski definition) is 1. The highest BCUT2D eigenvalue weighted by Gasteiger charge is 2.17. The lowest BCUT2D eigenvalue weighted by Gasteiger charge is -2.12. The first-order valence-corrected chi connectivity index (χ1v) is 9.94. The van der Waals surface area contributed by atoms with Gasteiger partial charge in [0.1, 0.15) is 5.56 Å². The maximum absolute atomic E-state index is 12.7.